The highest BCUT2D eigenvalue weighted by molar-refractivity contribution is 6.34. The second kappa shape index (κ2) is 3.92. The number of benzene rings is 1. The molecule has 0 saturated carbocycles. The van der Waals surface area contributed by atoms with Gasteiger partial charge in [0, 0.05) is 10.6 Å². The van der Waals surface area contributed by atoms with Gasteiger partial charge in [-0.2, -0.15) is 0 Å². The van der Waals surface area contributed by atoms with E-state index >= 15 is 0 Å². The van der Waals surface area contributed by atoms with Crippen molar-refractivity contribution in [3.63, 3.8) is 0 Å². The van der Waals surface area contributed by atoms with Crippen LogP contribution in [-0.4, -0.2) is 11.2 Å². The van der Waals surface area contributed by atoms with E-state index in [0.717, 1.165) is 0 Å². The van der Waals surface area contributed by atoms with Gasteiger partial charge in [0.05, 0.1) is 5.38 Å². The minimum absolute atomic E-state index is 0.0756. The third kappa shape index (κ3) is 2.23. The van der Waals surface area contributed by atoms with Crippen LogP contribution < -0.4 is 0 Å². The molecule has 12 heavy (non-hydrogen) atoms. The first-order valence-corrected chi connectivity index (χ1v) is 4.36. The lowest BCUT2D eigenvalue weighted by Gasteiger charge is -2.01. The molecule has 0 radical (unpaired) electrons. The van der Waals surface area contributed by atoms with Gasteiger partial charge in [-0.25, -0.2) is 0 Å². The molecule has 0 N–H and O–H groups in total. The largest absolute Gasteiger partial charge is 0.293 e. The van der Waals surface area contributed by atoms with Crippen LogP contribution in [-0.2, 0) is 0 Å². The van der Waals surface area contributed by atoms with Crippen molar-refractivity contribution < 1.29 is 4.79 Å². The minimum Gasteiger partial charge on any atom is -0.293 e. The van der Waals surface area contributed by atoms with E-state index in [1.165, 1.54) is 0 Å². The van der Waals surface area contributed by atoms with Gasteiger partial charge in [0.1, 0.15) is 0 Å². The molecule has 1 aromatic carbocycles. The molecule has 3 heteroatoms. The van der Waals surface area contributed by atoms with Gasteiger partial charge in [-0.3, -0.25) is 4.79 Å². The van der Waals surface area contributed by atoms with Crippen LogP contribution in [0.2, 0.25) is 5.02 Å². The van der Waals surface area contributed by atoms with Crippen molar-refractivity contribution in [1.29, 1.82) is 0 Å². The van der Waals surface area contributed by atoms with Crippen LogP contribution in [0.1, 0.15) is 17.3 Å². The van der Waals surface area contributed by atoms with Gasteiger partial charge in [-0.05, 0) is 31.2 Å². The number of carbonyl (C=O) groups is 1. The highest BCUT2D eigenvalue weighted by Crippen LogP contribution is 2.12. The Balaban J connectivity index is 2.90. The maximum absolute atomic E-state index is 11.3. The number of ketones is 1. The number of hydrogen-bond donors (Lipinski definition) is 0. The average molecular weight is 203 g/mol. The molecule has 0 saturated heterocycles. The SMILES string of the molecule is C[C@@H](Cl)C(=O)c1ccc(Cl)cc1. The molecule has 0 aliphatic carbocycles. The maximum Gasteiger partial charge on any atom is 0.180 e. The molecule has 1 aromatic rings. The van der Waals surface area contributed by atoms with Crippen LogP contribution in [0.25, 0.3) is 0 Å². The van der Waals surface area contributed by atoms with E-state index < -0.39 is 5.38 Å². The third-order valence-corrected chi connectivity index (χ3v) is 1.94. The Morgan fingerprint density at radius 3 is 2.25 bits per heavy atom. The number of carbonyl (C=O) groups excluding carboxylic acids is 1. The first-order valence-electron chi connectivity index (χ1n) is 3.55. The summed E-state index contributed by atoms with van der Waals surface area (Å²) in [7, 11) is 0. The van der Waals surface area contributed by atoms with E-state index in [2.05, 4.69) is 0 Å². The molecule has 1 nitrogen and oxygen atoms in total. The van der Waals surface area contributed by atoms with Gasteiger partial charge in [-0.1, -0.05) is 11.6 Å². The second-order valence-corrected chi connectivity index (χ2v) is 3.58. The fraction of sp³-hybridized carbons (Fsp3) is 0.222. The summed E-state index contributed by atoms with van der Waals surface area (Å²) in [6.45, 7) is 1.65. The summed E-state index contributed by atoms with van der Waals surface area (Å²) in [6.07, 6.45) is 0. The second-order valence-electron chi connectivity index (χ2n) is 2.49. The van der Waals surface area contributed by atoms with Crippen molar-refractivity contribution >= 4 is 29.0 Å². The van der Waals surface area contributed by atoms with Gasteiger partial charge in [0.2, 0.25) is 0 Å². The van der Waals surface area contributed by atoms with Crippen LogP contribution in [0, 0.1) is 0 Å². The van der Waals surface area contributed by atoms with Crippen molar-refractivity contribution in [2.24, 2.45) is 0 Å². The monoisotopic (exact) mass is 202 g/mol. The van der Waals surface area contributed by atoms with E-state index in [-0.39, 0.29) is 5.78 Å². The normalized spacial score (nSPS) is 12.6. The molecule has 0 aromatic heterocycles. The summed E-state index contributed by atoms with van der Waals surface area (Å²) < 4.78 is 0. The maximum atomic E-state index is 11.3. The summed E-state index contributed by atoms with van der Waals surface area (Å²) in [4.78, 5) is 11.3. The Hall–Kier alpha value is -0.530. The van der Waals surface area contributed by atoms with Gasteiger partial charge >= 0.3 is 0 Å². The molecule has 0 amide bonds. The van der Waals surface area contributed by atoms with Crippen molar-refractivity contribution in [1.82, 2.24) is 0 Å². The molecule has 0 fully saturated rings. The third-order valence-electron chi connectivity index (χ3n) is 1.49. The van der Waals surface area contributed by atoms with E-state index in [1.807, 2.05) is 0 Å². The zero-order valence-corrected chi connectivity index (χ0v) is 8.06. The smallest absolute Gasteiger partial charge is 0.180 e. The standard InChI is InChI=1S/C9H8Cl2O/c1-6(10)9(12)7-2-4-8(11)5-3-7/h2-6H,1H3/t6-/m1/s1. The van der Waals surface area contributed by atoms with E-state index in [1.54, 1.807) is 31.2 Å². The molecule has 64 valence electrons. The topological polar surface area (TPSA) is 17.1 Å². The molecule has 0 unspecified atom stereocenters. The Morgan fingerprint density at radius 1 is 1.33 bits per heavy atom. The average Bonchev–Trinajstić information content (AvgIpc) is 2.04. The van der Waals surface area contributed by atoms with Crippen molar-refractivity contribution in [2.45, 2.75) is 12.3 Å². The number of halogens is 2. The Bertz CT molecular complexity index is 277. The molecule has 0 aliphatic heterocycles. The molecule has 0 spiro atoms. The molecular formula is C9H8Cl2O. The molecule has 0 bridgehead atoms. The Kier molecular flexibility index (Phi) is 3.12. The highest BCUT2D eigenvalue weighted by atomic mass is 35.5. The molecule has 1 atom stereocenters. The Morgan fingerprint density at radius 2 is 1.83 bits per heavy atom. The quantitative estimate of drug-likeness (QED) is 0.533. The predicted molar refractivity (Wildman–Crippen MR) is 51.1 cm³/mol. The molecule has 1 rings (SSSR count). The van der Waals surface area contributed by atoms with E-state index in [0.29, 0.717) is 10.6 Å². The fourth-order valence-corrected chi connectivity index (χ4v) is 1.10. The molecule has 0 heterocycles. The van der Waals surface area contributed by atoms with Crippen molar-refractivity contribution in [3.8, 4) is 0 Å². The lowest BCUT2D eigenvalue weighted by atomic mass is 10.1. The van der Waals surface area contributed by atoms with Gasteiger partial charge < -0.3 is 0 Å². The van der Waals surface area contributed by atoms with Crippen molar-refractivity contribution in [3.05, 3.63) is 34.9 Å². The van der Waals surface area contributed by atoms with Crippen molar-refractivity contribution in [2.75, 3.05) is 0 Å². The summed E-state index contributed by atoms with van der Waals surface area (Å²) in [5.41, 5.74) is 0.599. The van der Waals surface area contributed by atoms with Crippen LogP contribution in [0.15, 0.2) is 24.3 Å². The lowest BCUT2D eigenvalue weighted by molar-refractivity contribution is 0.0992. The first-order chi connectivity index (χ1) is 5.61. The van der Waals surface area contributed by atoms with E-state index in [4.69, 9.17) is 23.2 Å². The summed E-state index contributed by atoms with van der Waals surface area (Å²) >= 11 is 11.3. The first kappa shape index (κ1) is 9.56. The summed E-state index contributed by atoms with van der Waals surface area (Å²) in [5, 5.41) is 0.139. The molecule has 0 aliphatic rings. The van der Waals surface area contributed by atoms with Gasteiger partial charge in [0.25, 0.3) is 0 Å². The van der Waals surface area contributed by atoms with Gasteiger partial charge in [-0.15, -0.1) is 11.6 Å². The van der Waals surface area contributed by atoms with Crippen LogP contribution >= 0.6 is 23.2 Å². The predicted octanol–water partition coefficient (Wildman–Crippen LogP) is 3.15. The van der Waals surface area contributed by atoms with Gasteiger partial charge in [0.15, 0.2) is 5.78 Å². The zero-order chi connectivity index (χ0) is 9.14. The summed E-state index contributed by atoms with van der Waals surface area (Å²) in [5.74, 6) is -0.0756. The summed E-state index contributed by atoms with van der Waals surface area (Å²) in [6, 6.07) is 6.69. The molecular weight excluding hydrogens is 195 g/mol. The Labute approximate surface area is 81.3 Å². The lowest BCUT2D eigenvalue weighted by Crippen LogP contribution is -2.09. The van der Waals surface area contributed by atoms with Crippen LogP contribution in [0.4, 0.5) is 0 Å². The fourth-order valence-electron chi connectivity index (χ4n) is 0.844. The van der Waals surface area contributed by atoms with Crippen LogP contribution in [0.3, 0.4) is 0 Å². The minimum atomic E-state index is -0.480. The van der Waals surface area contributed by atoms with Crippen LogP contribution in [0.5, 0.6) is 0 Å². The zero-order valence-electron chi connectivity index (χ0n) is 6.55. The number of Topliss-reactive ketones (excluding diaryl/α,β-unsaturated/α-hetero) is 1. The number of rotatable bonds is 2. The number of hydrogen-bond acceptors (Lipinski definition) is 1. The number of alkyl halides is 1. The van der Waals surface area contributed by atoms with E-state index in [9.17, 15) is 4.79 Å². The highest BCUT2D eigenvalue weighted by Gasteiger charge is 2.10.